The van der Waals surface area contributed by atoms with E-state index in [-0.39, 0.29) is 18.3 Å². The summed E-state index contributed by atoms with van der Waals surface area (Å²) in [6.45, 7) is 13.7. The zero-order chi connectivity index (χ0) is 24.6. The van der Waals surface area contributed by atoms with Gasteiger partial charge >= 0.3 is 0 Å². The Labute approximate surface area is 205 Å². The van der Waals surface area contributed by atoms with Crippen LogP contribution in [0, 0.1) is 35.0 Å². The lowest BCUT2D eigenvalue weighted by Gasteiger charge is -2.45. The highest BCUT2D eigenvalue weighted by molar-refractivity contribution is 5.39. The Morgan fingerprint density at radius 3 is 2.71 bits per heavy atom. The second-order valence-electron chi connectivity index (χ2n) is 12.1. The molecule has 2 N–H and O–H groups in total. The maximum Gasteiger partial charge on any atom is 0.238 e. The van der Waals surface area contributed by atoms with E-state index < -0.39 is 18.6 Å². The van der Waals surface area contributed by atoms with Gasteiger partial charge < -0.3 is 15.1 Å². The van der Waals surface area contributed by atoms with Crippen LogP contribution in [0.2, 0.25) is 0 Å². The van der Waals surface area contributed by atoms with Crippen molar-refractivity contribution >= 4 is 0 Å². The smallest absolute Gasteiger partial charge is 0.238 e. The number of alkyl halides is 2. The summed E-state index contributed by atoms with van der Waals surface area (Å²) in [7, 11) is 0. The third-order valence-corrected chi connectivity index (χ3v) is 9.95. The van der Waals surface area contributed by atoms with Gasteiger partial charge in [-0.2, -0.15) is 0 Å². The van der Waals surface area contributed by atoms with Gasteiger partial charge in [0.05, 0.1) is 12.2 Å². The second kappa shape index (κ2) is 10.5. The molecule has 4 aliphatic rings. The van der Waals surface area contributed by atoms with E-state index in [2.05, 4.69) is 37.5 Å². The van der Waals surface area contributed by atoms with E-state index in [9.17, 15) is 19.0 Å². The molecule has 1 unspecified atom stereocenters. The molecule has 1 saturated heterocycles. The quantitative estimate of drug-likeness (QED) is 0.494. The second-order valence-corrected chi connectivity index (χ2v) is 12.1. The standard InChI is InChI=1S/C29H45F2NO2/c1-18(16-32-13-11-21(17-32)14-27(30)31)24-9-10-25-22(6-5-12-29(24,25)4)7-8-23-15-26(33)20(3)28(34)19(23)2/h7-8,18,20-21,24-28,33-34H,2,5-6,9-17H2,1,3-4H3/b22-7+,23-8-/t18?,20-,21+,24+,25-,26+,28+,29+/m0/s1. The molecule has 192 valence electrons. The van der Waals surface area contributed by atoms with Crippen molar-refractivity contribution in [2.45, 2.75) is 90.8 Å². The first-order valence-corrected chi connectivity index (χ1v) is 13.6. The van der Waals surface area contributed by atoms with Gasteiger partial charge in [0.25, 0.3) is 0 Å². The minimum Gasteiger partial charge on any atom is -0.392 e. The molecule has 3 aliphatic carbocycles. The number of allylic oxidation sites excluding steroid dienone is 3. The van der Waals surface area contributed by atoms with Gasteiger partial charge in [-0.1, -0.05) is 45.1 Å². The van der Waals surface area contributed by atoms with E-state index in [0.717, 1.165) is 43.6 Å². The topological polar surface area (TPSA) is 43.7 Å². The van der Waals surface area contributed by atoms with Crippen molar-refractivity contribution in [3.8, 4) is 0 Å². The van der Waals surface area contributed by atoms with Crippen LogP contribution in [0.5, 0.6) is 0 Å². The molecule has 0 aromatic heterocycles. The maximum atomic E-state index is 12.8. The summed E-state index contributed by atoms with van der Waals surface area (Å²) in [6, 6.07) is 0. The zero-order valence-electron chi connectivity index (χ0n) is 21.4. The molecule has 0 bridgehead atoms. The van der Waals surface area contributed by atoms with Gasteiger partial charge in [-0.15, -0.1) is 0 Å². The minimum absolute atomic E-state index is 0.0527. The van der Waals surface area contributed by atoms with Crippen molar-refractivity contribution < 1.29 is 19.0 Å². The first-order chi connectivity index (χ1) is 16.1. The maximum absolute atomic E-state index is 12.8. The monoisotopic (exact) mass is 477 g/mol. The van der Waals surface area contributed by atoms with E-state index in [1.165, 1.54) is 31.3 Å². The van der Waals surface area contributed by atoms with E-state index >= 15 is 0 Å². The van der Waals surface area contributed by atoms with Gasteiger partial charge in [0.15, 0.2) is 0 Å². The highest BCUT2D eigenvalue weighted by Gasteiger charge is 2.51. The Kier molecular flexibility index (Phi) is 8.06. The molecular formula is C29H45F2NO2. The van der Waals surface area contributed by atoms with Crippen LogP contribution in [-0.4, -0.2) is 53.4 Å². The molecule has 3 saturated carbocycles. The number of nitrogens with zero attached hydrogens (tertiary/aromatic N) is 1. The molecule has 5 heteroatoms. The van der Waals surface area contributed by atoms with E-state index in [1.807, 2.05) is 6.92 Å². The molecule has 0 aromatic rings. The number of hydrogen-bond acceptors (Lipinski definition) is 3. The van der Waals surface area contributed by atoms with Crippen LogP contribution in [-0.2, 0) is 0 Å². The zero-order valence-corrected chi connectivity index (χ0v) is 21.4. The van der Waals surface area contributed by atoms with Crippen molar-refractivity contribution in [2.24, 2.45) is 35.0 Å². The normalized spacial score (nSPS) is 42.6. The Morgan fingerprint density at radius 2 is 1.97 bits per heavy atom. The predicted molar refractivity (Wildman–Crippen MR) is 134 cm³/mol. The molecule has 0 aromatic carbocycles. The molecule has 0 radical (unpaired) electrons. The number of fused-ring (bicyclic) bond motifs is 1. The fraction of sp³-hybridized carbons (Fsp3) is 0.793. The molecule has 0 spiro atoms. The van der Waals surface area contributed by atoms with Crippen molar-refractivity contribution in [1.29, 1.82) is 0 Å². The number of aliphatic hydroxyl groups excluding tert-OH is 2. The van der Waals surface area contributed by atoms with Gasteiger partial charge in [0.2, 0.25) is 6.43 Å². The Bertz CT molecular complexity index is 808. The summed E-state index contributed by atoms with van der Waals surface area (Å²) in [4.78, 5) is 2.44. The third-order valence-electron chi connectivity index (χ3n) is 9.95. The summed E-state index contributed by atoms with van der Waals surface area (Å²) >= 11 is 0. The van der Waals surface area contributed by atoms with Gasteiger partial charge in [0.1, 0.15) is 0 Å². The van der Waals surface area contributed by atoms with Crippen molar-refractivity contribution in [2.75, 3.05) is 19.6 Å². The van der Waals surface area contributed by atoms with Crippen molar-refractivity contribution in [1.82, 2.24) is 4.90 Å². The third kappa shape index (κ3) is 5.22. The SMILES string of the molecule is C=C1/C(=C\C=C2/CCC[C@]3(C)[C@@H](C(C)CN4CC[C@H](CC(F)F)C4)CC[C@@H]23)C[C@@H](O)[C@H](C)[C@@H]1O. The molecule has 8 atom stereocenters. The van der Waals surface area contributed by atoms with E-state index in [0.29, 0.717) is 29.6 Å². The lowest BCUT2D eigenvalue weighted by atomic mass is 9.61. The number of halogens is 2. The van der Waals surface area contributed by atoms with Crippen LogP contribution < -0.4 is 0 Å². The first-order valence-electron chi connectivity index (χ1n) is 13.6. The van der Waals surface area contributed by atoms with Crippen LogP contribution in [0.25, 0.3) is 0 Å². The fourth-order valence-electron chi connectivity index (χ4n) is 7.91. The number of aliphatic hydroxyl groups is 2. The lowest BCUT2D eigenvalue weighted by Crippen LogP contribution is -2.39. The Morgan fingerprint density at radius 1 is 1.21 bits per heavy atom. The van der Waals surface area contributed by atoms with Crippen molar-refractivity contribution in [3.63, 3.8) is 0 Å². The highest BCUT2D eigenvalue weighted by atomic mass is 19.3. The Balaban J connectivity index is 1.42. The van der Waals surface area contributed by atoms with Crippen LogP contribution in [0.4, 0.5) is 8.78 Å². The van der Waals surface area contributed by atoms with Gasteiger partial charge in [-0.05, 0) is 91.7 Å². The van der Waals surface area contributed by atoms with Crippen LogP contribution in [0.3, 0.4) is 0 Å². The summed E-state index contributed by atoms with van der Waals surface area (Å²) in [5, 5.41) is 20.8. The number of rotatable bonds is 6. The van der Waals surface area contributed by atoms with Gasteiger partial charge in [-0.25, -0.2) is 8.78 Å². The summed E-state index contributed by atoms with van der Waals surface area (Å²) < 4.78 is 25.6. The van der Waals surface area contributed by atoms with Gasteiger partial charge in [-0.3, -0.25) is 0 Å². The van der Waals surface area contributed by atoms with Crippen LogP contribution >= 0.6 is 0 Å². The molecule has 3 nitrogen and oxygen atoms in total. The predicted octanol–water partition coefficient (Wildman–Crippen LogP) is 5.99. The van der Waals surface area contributed by atoms with Crippen LogP contribution in [0.15, 0.2) is 35.5 Å². The first kappa shape index (κ1) is 26.0. The fourth-order valence-corrected chi connectivity index (χ4v) is 7.91. The molecule has 1 heterocycles. The van der Waals surface area contributed by atoms with Gasteiger partial charge in [0, 0.05) is 25.4 Å². The molecule has 0 amide bonds. The van der Waals surface area contributed by atoms with E-state index in [1.54, 1.807) is 0 Å². The highest BCUT2D eigenvalue weighted by Crippen LogP contribution is 2.59. The molecule has 4 fully saturated rings. The summed E-state index contributed by atoms with van der Waals surface area (Å²) in [5.41, 5.74) is 3.54. The minimum atomic E-state index is -2.18. The molecular weight excluding hydrogens is 432 g/mol. The number of likely N-dealkylation sites (tertiary alicyclic amines) is 1. The van der Waals surface area contributed by atoms with Crippen molar-refractivity contribution in [3.05, 3.63) is 35.5 Å². The molecule has 4 rings (SSSR count). The average molecular weight is 478 g/mol. The summed E-state index contributed by atoms with van der Waals surface area (Å²) in [5.74, 6) is 1.81. The largest absolute Gasteiger partial charge is 0.392 e. The summed E-state index contributed by atoms with van der Waals surface area (Å²) in [6.07, 6.45) is 8.59. The van der Waals surface area contributed by atoms with Crippen LogP contribution in [0.1, 0.15) is 72.1 Å². The Hall–Kier alpha value is -1.04. The molecule has 1 aliphatic heterocycles. The molecule has 34 heavy (non-hydrogen) atoms. The van der Waals surface area contributed by atoms with E-state index in [4.69, 9.17) is 0 Å². The average Bonchev–Trinajstić information content (AvgIpc) is 3.36. The lowest BCUT2D eigenvalue weighted by molar-refractivity contribution is 0.0283. The number of hydrogen-bond donors (Lipinski definition) is 2.